The van der Waals surface area contributed by atoms with Gasteiger partial charge in [-0.1, -0.05) is 19.3 Å². The fourth-order valence-electron chi connectivity index (χ4n) is 4.32. The van der Waals surface area contributed by atoms with Gasteiger partial charge in [0.2, 0.25) is 0 Å². The molecule has 1 amide bonds. The molecule has 2 fully saturated rings. The minimum atomic E-state index is 0.201. The van der Waals surface area contributed by atoms with Crippen LogP contribution in [-0.2, 0) is 7.05 Å². The van der Waals surface area contributed by atoms with Crippen molar-refractivity contribution in [2.24, 2.45) is 18.9 Å². The van der Waals surface area contributed by atoms with Gasteiger partial charge in [-0.25, -0.2) is 0 Å². The average Bonchev–Trinajstić information content (AvgIpc) is 3.03. The molecule has 0 unspecified atom stereocenters. The summed E-state index contributed by atoms with van der Waals surface area (Å²) in [5, 5.41) is 0. The maximum absolute atomic E-state index is 12.5. The lowest BCUT2D eigenvalue weighted by molar-refractivity contribution is 0.0675. The summed E-state index contributed by atoms with van der Waals surface area (Å²) in [6.07, 6.45) is 11.2. The van der Waals surface area contributed by atoms with Gasteiger partial charge in [-0.3, -0.25) is 4.79 Å². The summed E-state index contributed by atoms with van der Waals surface area (Å²) < 4.78 is 1.93. The second kappa shape index (κ2) is 8.19. The summed E-state index contributed by atoms with van der Waals surface area (Å²) in [5.41, 5.74) is 0.815. The number of amides is 1. The molecule has 0 aromatic carbocycles. The van der Waals surface area contributed by atoms with E-state index in [4.69, 9.17) is 0 Å². The van der Waals surface area contributed by atoms with Crippen molar-refractivity contribution in [2.75, 3.05) is 33.2 Å². The molecule has 0 bridgehead atoms. The van der Waals surface area contributed by atoms with Gasteiger partial charge in [0.15, 0.2) is 0 Å². The van der Waals surface area contributed by atoms with Crippen LogP contribution in [-0.4, -0.2) is 53.5 Å². The topological polar surface area (TPSA) is 28.5 Å². The standard InChI is InChI=1S/C20H33N3O/c1-21-13-8-17(9-14-21)5-3-6-18-10-15-23(16-11-18)20(24)19-7-4-12-22(19)2/h4,7,12,17-18H,3,5-6,8-11,13-16H2,1-2H3. The van der Waals surface area contributed by atoms with E-state index in [2.05, 4.69) is 11.9 Å². The molecule has 134 valence electrons. The molecular formula is C20H33N3O. The minimum Gasteiger partial charge on any atom is -0.347 e. The van der Waals surface area contributed by atoms with Crippen LogP contribution in [0.15, 0.2) is 18.3 Å². The summed E-state index contributed by atoms with van der Waals surface area (Å²) in [4.78, 5) is 17.0. The lowest BCUT2D eigenvalue weighted by atomic mass is 9.87. The van der Waals surface area contributed by atoms with Gasteiger partial charge in [0.1, 0.15) is 5.69 Å². The lowest BCUT2D eigenvalue weighted by Gasteiger charge is -2.33. The van der Waals surface area contributed by atoms with Crippen molar-refractivity contribution in [3.05, 3.63) is 24.0 Å². The first-order valence-electron chi connectivity index (χ1n) is 9.72. The SMILES string of the molecule is CN1CCC(CCCC2CCN(C(=O)c3cccn3C)CC2)CC1. The Kier molecular flexibility index (Phi) is 5.99. The molecule has 0 atom stereocenters. The Hall–Kier alpha value is -1.29. The van der Waals surface area contributed by atoms with E-state index >= 15 is 0 Å². The largest absolute Gasteiger partial charge is 0.347 e. The van der Waals surface area contributed by atoms with Crippen molar-refractivity contribution >= 4 is 5.91 Å². The van der Waals surface area contributed by atoms with Crippen molar-refractivity contribution in [1.82, 2.24) is 14.4 Å². The van der Waals surface area contributed by atoms with Gasteiger partial charge in [0, 0.05) is 26.3 Å². The summed E-state index contributed by atoms with van der Waals surface area (Å²) >= 11 is 0. The van der Waals surface area contributed by atoms with Crippen LogP contribution in [0, 0.1) is 11.8 Å². The van der Waals surface area contributed by atoms with E-state index < -0.39 is 0 Å². The summed E-state index contributed by atoms with van der Waals surface area (Å²) in [5.74, 6) is 1.99. The number of nitrogens with zero attached hydrogens (tertiary/aromatic N) is 3. The third kappa shape index (κ3) is 4.41. The van der Waals surface area contributed by atoms with Gasteiger partial charge in [-0.05, 0) is 69.8 Å². The lowest BCUT2D eigenvalue weighted by Crippen LogP contribution is -2.39. The van der Waals surface area contributed by atoms with Crippen molar-refractivity contribution in [2.45, 2.75) is 44.9 Å². The molecule has 4 nitrogen and oxygen atoms in total. The molecule has 0 spiro atoms. The maximum atomic E-state index is 12.5. The fraction of sp³-hybridized carbons (Fsp3) is 0.750. The number of aryl methyl sites for hydroxylation is 1. The van der Waals surface area contributed by atoms with E-state index in [0.717, 1.165) is 30.6 Å². The quantitative estimate of drug-likeness (QED) is 0.827. The first kappa shape index (κ1) is 17.5. The molecule has 24 heavy (non-hydrogen) atoms. The van der Waals surface area contributed by atoms with Crippen molar-refractivity contribution in [3.8, 4) is 0 Å². The molecule has 1 aromatic rings. The van der Waals surface area contributed by atoms with Crippen LogP contribution in [0.5, 0.6) is 0 Å². The molecule has 0 saturated carbocycles. The zero-order chi connectivity index (χ0) is 16.9. The second-order valence-corrected chi connectivity index (χ2v) is 7.92. The molecule has 0 N–H and O–H groups in total. The molecule has 0 radical (unpaired) electrons. The van der Waals surface area contributed by atoms with E-state index in [9.17, 15) is 4.79 Å². The second-order valence-electron chi connectivity index (χ2n) is 7.92. The number of hydrogen-bond donors (Lipinski definition) is 0. The average molecular weight is 332 g/mol. The molecular weight excluding hydrogens is 298 g/mol. The van der Waals surface area contributed by atoms with Crippen LogP contribution < -0.4 is 0 Å². The highest BCUT2D eigenvalue weighted by Crippen LogP contribution is 2.27. The maximum Gasteiger partial charge on any atom is 0.270 e. The Bertz CT molecular complexity index is 523. The Labute approximate surface area is 146 Å². The van der Waals surface area contributed by atoms with Crippen LogP contribution in [0.2, 0.25) is 0 Å². The van der Waals surface area contributed by atoms with Gasteiger partial charge >= 0.3 is 0 Å². The first-order chi connectivity index (χ1) is 11.6. The predicted octanol–water partition coefficient (Wildman–Crippen LogP) is 3.39. The van der Waals surface area contributed by atoms with Gasteiger partial charge in [-0.2, -0.15) is 0 Å². The molecule has 2 saturated heterocycles. The number of hydrogen-bond acceptors (Lipinski definition) is 2. The van der Waals surface area contributed by atoms with Crippen LogP contribution in [0.1, 0.15) is 55.4 Å². The molecule has 4 heteroatoms. The molecule has 0 aliphatic carbocycles. The van der Waals surface area contributed by atoms with Crippen molar-refractivity contribution < 1.29 is 4.79 Å². The van der Waals surface area contributed by atoms with Crippen LogP contribution in [0.4, 0.5) is 0 Å². The van der Waals surface area contributed by atoms with Gasteiger partial charge in [0.25, 0.3) is 5.91 Å². The van der Waals surface area contributed by atoms with Gasteiger partial charge < -0.3 is 14.4 Å². The Morgan fingerprint density at radius 2 is 1.58 bits per heavy atom. The highest BCUT2D eigenvalue weighted by molar-refractivity contribution is 5.92. The molecule has 3 rings (SSSR count). The van der Waals surface area contributed by atoms with E-state index in [1.165, 1.54) is 58.0 Å². The highest BCUT2D eigenvalue weighted by atomic mass is 16.2. The Morgan fingerprint density at radius 1 is 1.00 bits per heavy atom. The number of aromatic nitrogens is 1. The molecule has 2 aliphatic rings. The van der Waals surface area contributed by atoms with Gasteiger partial charge in [-0.15, -0.1) is 0 Å². The van der Waals surface area contributed by atoms with E-state index in [1.807, 2.05) is 34.8 Å². The molecule has 3 heterocycles. The summed E-state index contributed by atoms with van der Waals surface area (Å²) in [6.45, 7) is 4.43. The number of likely N-dealkylation sites (tertiary alicyclic amines) is 2. The normalized spacial score (nSPS) is 21.3. The van der Waals surface area contributed by atoms with Gasteiger partial charge in [0.05, 0.1) is 0 Å². The molecule has 2 aliphatic heterocycles. The number of rotatable bonds is 5. The predicted molar refractivity (Wildman–Crippen MR) is 98.1 cm³/mol. The number of carbonyl (C=O) groups is 1. The molecule has 1 aromatic heterocycles. The number of piperidine rings is 2. The third-order valence-electron chi connectivity index (χ3n) is 6.13. The monoisotopic (exact) mass is 331 g/mol. The van der Waals surface area contributed by atoms with Crippen molar-refractivity contribution in [3.63, 3.8) is 0 Å². The van der Waals surface area contributed by atoms with E-state index in [1.54, 1.807) is 0 Å². The number of carbonyl (C=O) groups excluding carboxylic acids is 1. The van der Waals surface area contributed by atoms with Crippen LogP contribution in [0.25, 0.3) is 0 Å². The van der Waals surface area contributed by atoms with Crippen molar-refractivity contribution in [1.29, 1.82) is 0 Å². The smallest absolute Gasteiger partial charge is 0.270 e. The zero-order valence-corrected chi connectivity index (χ0v) is 15.4. The minimum absolute atomic E-state index is 0.201. The van der Waals surface area contributed by atoms with E-state index in [0.29, 0.717) is 0 Å². The zero-order valence-electron chi connectivity index (χ0n) is 15.4. The van der Waals surface area contributed by atoms with Crippen LogP contribution >= 0.6 is 0 Å². The fourth-order valence-corrected chi connectivity index (χ4v) is 4.32. The van der Waals surface area contributed by atoms with E-state index in [-0.39, 0.29) is 5.91 Å². The third-order valence-corrected chi connectivity index (χ3v) is 6.13. The van der Waals surface area contributed by atoms with Crippen LogP contribution in [0.3, 0.4) is 0 Å². The Balaban J connectivity index is 1.35. The Morgan fingerprint density at radius 3 is 2.12 bits per heavy atom. The summed E-state index contributed by atoms with van der Waals surface area (Å²) in [7, 11) is 4.18. The first-order valence-corrected chi connectivity index (χ1v) is 9.72. The summed E-state index contributed by atoms with van der Waals surface area (Å²) in [6, 6.07) is 3.87. The highest BCUT2D eigenvalue weighted by Gasteiger charge is 2.25.